The minimum Gasteiger partial charge on any atom is -0.485 e. The van der Waals surface area contributed by atoms with Crippen LogP contribution in [0.2, 0.25) is 0 Å². The first-order chi connectivity index (χ1) is 8.36. The van der Waals surface area contributed by atoms with Gasteiger partial charge < -0.3 is 15.8 Å². The van der Waals surface area contributed by atoms with Crippen molar-refractivity contribution in [1.82, 2.24) is 0 Å². The summed E-state index contributed by atoms with van der Waals surface area (Å²) < 4.78 is 6.21. The highest BCUT2D eigenvalue weighted by molar-refractivity contribution is 5.72. The van der Waals surface area contributed by atoms with Crippen LogP contribution < -0.4 is 15.8 Å². The molecule has 0 radical (unpaired) electrons. The first-order valence-corrected chi connectivity index (χ1v) is 6.66. The number of benzene rings is 1. The van der Waals surface area contributed by atoms with Gasteiger partial charge in [-0.15, -0.1) is 0 Å². The number of nitrogens with one attached hydrogen (secondary N) is 1. The minimum absolute atomic E-state index is 0.130. The van der Waals surface area contributed by atoms with Crippen molar-refractivity contribution in [2.24, 2.45) is 5.73 Å². The average molecular weight is 246 g/mol. The summed E-state index contributed by atoms with van der Waals surface area (Å²) >= 11 is 0. The zero-order valence-corrected chi connectivity index (χ0v) is 11.7. The van der Waals surface area contributed by atoms with Crippen LogP contribution in [0.1, 0.15) is 37.5 Å². The summed E-state index contributed by atoms with van der Waals surface area (Å²) in [5, 5.41) is 3.52. The third kappa shape index (κ3) is 1.46. The molecule has 2 aliphatic rings. The molecule has 0 aromatic heterocycles. The van der Waals surface area contributed by atoms with Gasteiger partial charge in [0.15, 0.2) is 0 Å². The number of aryl methyl sites for hydroxylation is 1. The Labute approximate surface area is 109 Å². The highest BCUT2D eigenvalue weighted by atomic mass is 16.5. The Morgan fingerprint density at radius 3 is 2.78 bits per heavy atom. The molecule has 1 unspecified atom stereocenters. The molecule has 1 atom stereocenters. The van der Waals surface area contributed by atoms with Crippen molar-refractivity contribution in [2.75, 3.05) is 18.4 Å². The van der Waals surface area contributed by atoms with Crippen LogP contribution >= 0.6 is 0 Å². The molecule has 0 aliphatic carbocycles. The van der Waals surface area contributed by atoms with Gasteiger partial charge >= 0.3 is 0 Å². The topological polar surface area (TPSA) is 47.3 Å². The number of fused-ring (bicyclic) bond motifs is 3. The van der Waals surface area contributed by atoms with Crippen LogP contribution in [0.3, 0.4) is 0 Å². The molecule has 2 heterocycles. The van der Waals surface area contributed by atoms with E-state index in [1.54, 1.807) is 0 Å². The number of hydrogen-bond donors (Lipinski definition) is 2. The number of hydrogen-bond acceptors (Lipinski definition) is 3. The van der Waals surface area contributed by atoms with Crippen LogP contribution in [0.15, 0.2) is 6.07 Å². The van der Waals surface area contributed by atoms with E-state index >= 15 is 0 Å². The van der Waals surface area contributed by atoms with Crippen molar-refractivity contribution in [2.45, 2.75) is 45.1 Å². The zero-order chi connectivity index (χ0) is 13.1. The third-order valence-corrected chi connectivity index (χ3v) is 4.28. The Balaban J connectivity index is 2.20. The zero-order valence-electron chi connectivity index (χ0n) is 11.7. The largest absolute Gasteiger partial charge is 0.485 e. The maximum atomic E-state index is 6.21. The fraction of sp³-hybridized carbons (Fsp3) is 0.600. The Morgan fingerprint density at radius 1 is 1.39 bits per heavy atom. The molecule has 0 spiro atoms. The molecule has 0 saturated heterocycles. The number of ether oxygens (including phenoxy) is 1. The molecule has 98 valence electrons. The summed E-state index contributed by atoms with van der Waals surface area (Å²) in [4.78, 5) is 0. The molecular formula is C15H22N2O. The number of nitrogens with two attached hydrogens (primary N) is 1. The highest BCUT2D eigenvalue weighted by Crippen LogP contribution is 2.50. The van der Waals surface area contributed by atoms with Crippen molar-refractivity contribution in [3.8, 4) is 5.75 Å². The quantitative estimate of drug-likeness (QED) is 0.799. The molecule has 18 heavy (non-hydrogen) atoms. The number of rotatable bonds is 1. The van der Waals surface area contributed by atoms with E-state index < -0.39 is 0 Å². The summed E-state index contributed by atoms with van der Waals surface area (Å²) in [5.41, 5.74) is 11.0. The second-order valence-corrected chi connectivity index (χ2v) is 6.60. The average Bonchev–Trinajstić information content (AvgIpc) is 2.77. The standard InChI is InChI=1S/C15H22N2O/c1-9-5-10-6-15(4,7-16)18-13(10)11-12(9)17-8-14(11,2)3/h5,17H,6-8,16H2,1-4H3. The van der Waals surface area contributed by atoms with E-state index in [0.29, 0.717) is 6.54 Å². The van der Waals surface area contributed by atoms with Crippen LogP contribution in [0.4, 0.5) is 5.69 Å². The van der Waals surface area contributed by atoms with E-state index in [9.17, 15) is 0 Å². The van der Waals surface area contributed by atoms with Crippen LogP contribution in [0.25, 0.3) is 0 Å². The molecule has 0 amide bonds. The van der Waals surface area contributed by atoms with E-state index in [1.807, 2.05) is 0 Å². The van der Waals surface area contributed by atoms with Crippen molar-refractivity contribution in [3.63, 3.8) is 0 Å². The van der Waals surface area contributed by atoms with Crippen LogP contribution in [-0.2, 0) is 11.8 Å². The van der Waals surface area contributed by atoms with Gasteiger partial charge in [0.2, 0.25) is 0 Å². The Bertz CT molecular complexity index is 522. The van der Waals surface area contributed by atoms with Gasteiger partial charge in [-0.25, -0.2) is 0 Å². The lowest BCUT2D eigenvalue weighted by Crippen LogP contribution is -2.39. The summed E-state index contributed by atoms with van der Waals surface area (Å²) in [6.07, 6.45) is 0.920. The van der Waals surface area contributed by atoms with Gasteiger partial charge in [0.05, 0.1) is 0 Å². The first kappa shape index (κ1) is 11.8. The van der Waals surface area contributed by atoms with Gasteiger partial charge in [-0.3, -0.25) is 0 Å². The first-order valence-electron chi connectivity index (χ1n) is 6.66. The summed E-state index contributed by atoms with van der Waals surface area (Å²) in [6, 6.07) is 2.25. The fourth-order valence-electron chi connectivity index (χ4n) is 3.19. The van der Waals surface area contributed by atoms with Crippen molar-refractivity contribution in [1.29, 1.82) is 0 Å². The van der Waals surface area contributed by atoms with Crippen LogP contribution in [0, 0.1) is 6.92 Å². The Kier molecular flexibility index (Phi) is 2.25. The van der Waals surface area contributed by atoms with E-state index in [-0.39, 0.29) is 11.0 Å². The predicted octanol–water partition coefficient (Wildman–Crippen LogP) is 2.35. The second-order valence-electron chi connectivity index (χ2n) is 6.60. The lowest BCUT2D eigenvalue weighted by molar-refractivity contribution is 0.123. The van der Waals surface area contributed by atoms with Gasteiger partial charge in [0.25, 0.3) is 0 Å². The van der Waals surface area contributed by atoms with Gasteiger partial charge in [-0.2, -0.15) is 0 Å². The smallest absolute Gasteiger partial charge is 0.129 e. The maximum absolute atomic E-state index is 6.21. The predicted molar refractivity (Wildman–Crippen MR) is 74.5 cm³/mol. The van der Waals surface area contributed by atoms with Crippen molar-refractivity contribution in [3.05, 3.63) is 22.8 Å². The molecular weight excluding hydrogens is 224 g/mol. The molecule has 3 heteroatoms. The highest BCUT2D eigenvalue weighted by Gasteiger charge is 2.42. The molecule has 0 fully saturated rings. The molecule has 3 N–H and O–H groups in total. The fourth-order valence-corrected chi connectivity index (χ4v) is 3.19. The summed E-state index contributed by atoms with van der Waals surface area (Å²) in [5.74, 6) is 1.08. The van der Waals surface area contributed by atoms with Gasteiger partial charge in [-0.05, 0) is 25.0 Å². The van der Waals surface area contributed by atoms with E-state index in [0.717, 1.165) is 18.7 Å². The van der Waals surface area contributed by atoms with Crippen LogP contribution in [0.5, 0.6) is 5.75 Å². The van der Waals surface area contributed by atoms with Gasteiger partial charge in [0, 0.05) is 36.2 Å². The molecule has 1 aromatic rings. The second kappa shape index (κ2) is 3.41. The Hall–Kier alpha value is -1.22. The lowest BCUT2D eigenvalue weighted by Gasteiger charge is -2.24. The molecule has 0 saturated carbocycles. The molecule has 2 aliphatic heterocycles. The van der Waals surface area contributed by atoms with Crippen molar-refractivity contribution >= 4 is 5.69 Å². The lowest BCUT2D eigenvalue weighted by atomic mass is 9.84. The third-order valence-electron chi connectivity index (χ3n) is 4.28. The van der Waals surface area contributed by atoms with E-state index in [1.165, 1.54) is 22.4 Å². The summed E-state index contributed by atoms with van der Waals surface area (Å²) in [6.45, 7) is 10.3. The molecule has 3 nitrogen and oxygen atoms in total. The van der Waals surface area contributed by atoms with E-state index in [4.69, 9.17) is 10.5 Å². The molecule has 0 bridgehead atoms. The van der Waals surface area contributed by atoms with Gasteiger partial charge in [-0.1, -0.05) is 19.9 Å². The van der Waals surface area contributed by atoms with E-state index in [2.05, 4.69) is 39.1 Å². The van der Waals surface area contributed by atoms with Crippen LogP contribution in [-0.4, -0.2) is 18.7 Å². The molecule has 3 rings (SSSR count). The maximum Gasteiger partial charge on any atom is 0.129 e. The summed E-state index contributed by atoms with van der Waals surface area (Å²) in [7, 11) is 0. The monoisotopic (exact) mass is 246 g/mol. The minimum atomic E-state index is -0.234. The Morgan fingerprint density at radius 2 is 2.11 bits per heavy atom. The number of anilines is 1. The SMILES string of the molecule is Cc1cc2c(c3c1NCC3(C)C)OC(C)(CN)C2. The van der Waals surface area contributed by atoms with Crippen molar-refractivity contribution < 1.29 is 4.74 Å². The molecule has 1 aromatic carbocycles. The normalized spacial score (nSPS) is 27.4. The van der Waals surface area contributed by atoms with Gasteiger partial charge in [0.1, 0.15) is 11.4 Å².